The number of aliphatic imine (C=N–C) groups is 1. The number of hydrogen-bond acceptors (Lipinski definition) is 1. The molecule has 10 heavy (non-hydrogen) atoms. The summed E-state index contributed by atoms with van der Waals surface area (Å²) in [6, 6.07) is 0. The quantitative estimate of drug-likeness (QED) is 0.521. The first-order valence-electron chi connectivity index (χ1n) is 3.72. The molecule has 1 rings (SSSR count). The number of hydrogen-bond donors (Lipinski definition) is 0. The van der Waals surface area contributed by atoms with Crippen molar-refractivity contribution in [3.05, 3.63) is 0 Å². The first-order valence-corrected chi connectivity index (χ1v) is 3.72. The summed E-state index contributed by atoms with van der Waals surface area (Å²) >= 11 is 0. The summed E-state index contributed by atoms with van der Waals surface area (Å²) in [5.41, 5.74) is 0. The van der Waals surface area contributed by atoms with Gasteiger partial charge in [0.1, 0.15) is 0 Å². The Bertz CT molecular complexity index is 142. The maximum atomic E-state index is 4.19. The average Bonchev–Trinajstić information content (AvgIpc) is 2.30. The molecule has 0 bridgehead atoms. The smallest absolute Gasteiger partial charge is 0.196 e. The zero-order chi connectivity index (χ0) is 7.56. The molecule has 1 aliphatic heterocycles. The Hall–Kier alpha value is -0.730. The van der Waals surface area contributed by atoms with Crippen molar-refractivity contribution in [2.75, 3.05) is 33.7 Å². The van der Waals surface area contributed by atoms with Gasteiger partial charge in [-0.05, 0) is 6.92 Å². The Morgan fingerprint density at radius 2 is 2.20 bits per heavy atom. The van der Waals surface area contributed by atoms with Crippen molar-refractivity contribution in [1.82, 2.24) is 9.80 Å². The van der Waals surface area contributed by atoms with Crippen molar-refractivity contribution in [2.45, 2.75) is 6.92 Å². The highest BCUT2D eigenvalue weighted by Gasteiger charge is 2.20. The Labute approximate surface area is 62.3 Å². The minimum Gasteiger partial charge on any atom is -0.344 e. The summed E-state index contributed by atoms with van der Waals surface area (Å²) in [6.45, 7) is 5.46. The standard InChI is InChI=1S/C7H15N3/c1-4-10-6-5-9(3)7(10)8-2/h4-6H2,1-3H3. The predicted octanol–water partition coefficient (Wildman–Crippen LogP) is 0.239. The van der Waals surface area contributed by atoms with E-state index >= 15 is 0 Å². The van der Waals surface area contributed by atoms with Crippen LogP contribution in [-0.4, -0.2) is 49.5 Å². The van der Waals surface area contributed by atoms with Crippen LogP contribution in [0.4, 0.5) is 0 Å². The maximum Gasteiger partial charge on any atom is 0.196 e. The molecule has 0 aromatic rings. The molecule has 1 heterocycles. The Morgan fingerprint density at radius 1 is 1.50 bits per heavy atom. The number of guanidine groups is 1. The third-order valence-corrected chi connectivity index (χ3v) is 1.91. The van der Waals surface area contributed by atoms with Gasteiger partial charge in [0.2, 0.25) is 0 Å². The second-order valence-corrected chi connectivity index (χ2v) is 2.52. The lowest BCUT2D eigenvalue weighted by Gasteiger charge is -2.17. The van der Waals surface area contributed by atoms with Crippen LogP contribution in [0.3, 0.4) is 0 Å². The van der Waals surface area contributed by atoms with E-state index in [-0.39, 0.29) is 0 Å². The number of nitrogens with zero attached hydrogens (tertiary/aromatic N) is 3. The molecule has 1 saturated heterocycles. The van der Waals surface area contributed by atoms with Gasteiger partial charge in [0.15, 0.2) is 5.96 Å². The average molecular weight is 141 g/mol. The first kappa shape index (κ1) is 7.38. The van der Waals surface area contributed by atoms with Gasteiger partial charge < -0.3 is 9.80 Å². The zero-order valence-corrected chi connectivity index (χ0v) is 6.96. The van der Waals surface area contributed by atoms with E-state index in [2.05, 4.69) is 28.8 Å². The van der Waals surface area contributed by atoms with Crippen molar-refractivity contribution >= 4 is 5.96 Å². The van der Waals surface area contributed by atoms with Gasteiger partial charge in [-0.1, -0.05) is 0 Å². The summed E-state index contributed by atoms with van der Waals surface area (Å²) in [5.74, 6) is 1.13. The summed E-state index contributed by atoms with van der Waals surface area (Å²) in [6.07, 6.45) is 0. The van der Waals surface area contributed by atoms with Crippen LogP contribution >= 0.6 is 0 Å². The number of likely N-dealkylation sites (N-methyl/N-ethyl adjacent to an activating group) is 2. The molecule has 1 fully saturated rings. The van der Waals surface area contributed by atoms with Crippen LogP contribution in [-0.2, 0) is 0 Å². The van der Waals surface area contributed by atoms with E-state index < -0.39 is 0 Å². The Balaban J connectivity index is 2.64. The van der Waals surface area contributed by atoms with Crippen molar-refractivity contribution in [3.63, 3.8) is 0 Å². The van der Waals surface area contributed by atoms with Gasteiger partial charge >= 0.3 is 0 Å². The topological polar surface area (TPSA) is 18.8 Å². The first-order chi connectivity index (χ1) is 4.79. The minimum atomic E-state index is 1.07. The molecule has 0 amide bonds. The maximum absolute atomic E-state index is 4.19. The zero-order valence-electron chi connectivity index (χ0n) is 6.96. The Kier molecular flexibility index (Phi) is 2.14. The highest BCUT2D eigenvalue weighted by atomic mass is 15.4. The molecule has 0 aromatic heterocycles. The van der Waals surface area contributed by atoms with E-state index in [9.17, 15) is 0 Å². The molecule has 3 nitrogen and oxygen atoms in total. The molecule has 0 atom stereocenters. The monoisotopic (exact) mass is 141 g/mol. The fourth-order valence-corrected chi connectivity index (χ4v) is 1.32. The molecule has 0 aromatic carbocycles. The molecule has 58 valence electrons. The highest BCUT2D eigenvalue weighted by molar-refractivity contribution is 5.81. The molecular formula is C7H15N3. The second-order valence-electron chi connectivity index (χ2n) is 2.52. The van der Waals surface area contributed by atoms with Crippen LogP contribution in [0.25, 0.3) is 0 Å². The SMILES string of the molecule is CCN1CCN(C)C1=NC. The molecule has 0 aliphatic carbocycles. The van der Waals surface area contributed by atoms with Crippen LogP contribution in [0, 0.1) is 0 Å². The molecule has 0 unspecified atom stereocenters. The van der Waals surface area contributed by atoms with Crippen LogP contribution in [0.15, 0.2) is 4.99 Å². The molecule has 0 N–H and O–H groups in total. The minimum absolute atomic E-state index is 1.07. The van der Waals surface area contributed by atoms with Crippen LogP contribution in [0.1, 0.15) is 6.92 Å². The van der Waals surface area contributed by atoms with Gasteiger partial charge in [0.05, 0.1) is 0 Å². The molecule has 3 heteroatoms. The normalized spacial score (nSPS) is 22.9. The third kappa shape index (κ3) is 1.08. The summed E-state index contributed by atoms with van der Waals surface area (Å²) < 4.78 is 0. The van der Waals surface area contributed by atoms with Gasteiger partial charge in [0, 0.05) is 33.7 Å². The fraction of sp³-hybridized carbons (Fsp3) is 0.857. The van der Waals surface area contributed by atoms with Gasteiger partial charge in [-0.15, -0.1) is 0 Å². The van der Waals surface area contributed by atoms with Crippen molar-refractivity contribution in [1.29, 1.82) is 0 Å². The van der Waals surface area contributed by atoms with Crippen molar-refractivity contribution < 1.29 is 0 Å². The van der Waals surface area contributed by atoms with Gasteiger partial charge in [0.25, 0.3) is 0 Å². The van der Waals surface area contributed by atoms with E-state index in [1.54, 1.807) is 0 Å². The fourth-order valence-electron chi connectivity index (χ4n) is 1.32. The van der Waals surface area contributed by atoms with Crippen LogP contribution in [0.5, 0.6) is 0 Å². The van der Waals surface area contributed by atoms with Gasteiger partial charge in [-0.2, -0.15) is 0 Å². The summed E-state index contributed by atoms with van der Waals surface area (Å²) in [5, 5.41) is 0. The van der Waals surface area contributed by atoms with Gasteiger partial charge in [-0.3, -0.25) is 4.99 Å². The molecular weight excluding hydrogens is 126 g/mol. The van der Waals surface area contributed by atoms with E-state index in [0.29, 0.717) is 0 Å². The summed E-state index contributed by atoms with van der Waals surface area (Å²) in [4.78, 5) is 8.65. The third-order valence-electron chi connectivity index (χ3n) is 1.91. The largest absolute Gasteiger partial charge is 0.344 e. The molecule has 1 aliphatic rings. The van der Waals surface area contributed by atoms with E-state index in [1.807, 2.05) is 7.05 Å². The molecule has 0 spiro atoms. The lowest BCUT2D eigenvalue weighted by molar-refractivity contribution is 0.488. The van der Waals surface area contributed by atoms with Crippen LogP contribution in [0.2, 0.25) is 0 Å². The van der Waals surface area contributed by atoms with E-state index in [0.717, 1.165) is 25.6 Å². The van der Waals surface area contributed by atoms with Crippen LogP contribution < -0.4 is 0 Å². The highest BCUT2D eigenvalue weighted by Crippen LogP contribution is 2.04. The summed E-state index contributed by atoms with van der Waals surface area (Å²) in [7, 11) is 3.93. The van der Waals surface area contributed by atoms with E-state index in [4.69, 9.17) is 0 Å². The molecule has 0 radical (unpaired) electrons. The molecule has 0 saturated carbocycles. The lowest BCUT2D eigenvalue weighted by Crippen LogP contribution is -2.30. The number of rotatable bonds is 1. The Morgan fingerprint density at radius 3 is 2.60 bits per heavy atom. The lowest BCUT2D eigenvalue weighted by atomic mass is 10.6. The van der Waals surface area contributed by atoms with E-state index in [1.165, 1.54) is 0 Å². The van der Waals surface area contributed by atoms with Crippen molar-refractivity contribution in [2.24, 2.45) is 4.99 Å². The van der Waals surface area contributed by atoms with Gasteiger partial charge in [-0.25, -0.2) is 0 Å². The predicted molar refractivity (Wildman–Crippen MR) is 43.2 cm³/mol. The second kappa shape index (κ2) is 2.90. The van der Waals surface area contributed by atoms with Crippen molar-refractivity contribution in [3.8, 4) is 0 Å².